The Morgan fingerprint density at radius 3 is 1.41 bits per heavy atom. The van der Waals surface area contributed by atoms with Gasteiger partial charge in [0.1, 0.15) is 24.6 Å². The van der Waals surface area contributed by atoms with Gasteiger partial charge in [-0.1, -0.05) is 48.5 Å². The van der Waals surface area contributed by atoms with Crippen molar-refractivity contribution in [3.8, 4) is 12.1 Å². The number of methoxy groups -OCH3 is 2. The lowest BCUT2D eigenvalue weighted by molar-refractivity contribution is -0.218. The highest BCUT2D eigenvalue weighted by Crippen LogP contribution is 2.65. The molecule has 2 aromatic carbocycles. The summed E-state index contributed by atoms with van der Waals surface area (Å²) in [5.74, 6) is -1.77. The van der Waals surface area contributed by atoms with Crippen LogP contribution < -0.4 is 0 Å². The first-order chi connectivity index (χ1) is 16.4. The molecule has 8 nitrogen and oxygen atoms in total. The molecule has 2 amide bonds. The Labute approximate surface area is 197 Å². The molecule has 0 radical (unpaired) electrons. The molecule has 0 spiro atoms. The van der Waals surface area contributed by atoms with Gasteiger partial charge in [-0.3, -0.25) is 19.4 Å². The number of nitrogens with zero attached hydrogens (tertiary/aromatic N) is 4. The van der Waals surface area contributed by atoms with Crippen molar-refractivity contribution in [3.63, 3.8) is 0 Å². The quantitative estimate of drug-likeness (QED) is 0.688. The number of amides is 2. The van der Waals surface area contributed by atoms with Crippen LogP contribution in [0.4, 0.5) is 0 Å². The topological polar surface area (TPSA) is 107 Å². The molecular weight excluding hydrogens is 432 g/mol. The van der Waals surface area contributed by atoms with Crippen molar-refractivity contribution in [2.24, 2.45) is 0 Å². The number of nitriles is 2. The molecule has 1 aliphatic carbocycles. The second kappa shape index (κ2) is 7.39. The molecule has 0 fully saturated rings. The minimum Gasteiger partial charge on any atom is -0.361 e. The molecular formula is C26H24N4O4. The molecule has 172 valence electrons. The van der Waals surface area contributed by atoms with E-state index in [9.17, 15) is 20.1 Å². The number of rotatable bonds is 2. The van der Waals surface area contributed by atoms with Gasteiger partial charge in [0.25, 0.3) is 0 Å². The number of benzene rings is 2. The van der Waals surface area contributed by atoms with Crippen molar-refractivity contribution in [2.45, 2.75) is 49.2 Å². The Kier molecular flexibility index (Phi) is 4.80. The average Bonchev–Trinajstić information content (AvgIpc) is 2.84. The molecule has 34 heavy (non-hydrogen) atoms. The largest absolute Gasteiger partial charge is 0.361 e. The van der Waals surface area contributed by atoms with Crippen LogP contribution in [0.2, 0.25) is 0 Å². The maximum absolute atomic E-state index is 13.3. The van der Waals surface area contributed by atoms with Crippen molar-refractivity contribution in [2.75, 3.05) is 14.2 Å². The van der Waals surface area contributed by atoms with E-state index in [0.29, 0.717) is 11.1 Å². The highest BCUT2D eigenvalue weighted by molar-refractivity contribution is 5.82. The van der Waals surface area contributed by atoms with Crippen molar-refractivity contribution >= 4 is 11.8 Å². The van der Waals surface area contributed by atoms with Crippen molar-refractivity contribution in [1.29, 1.82) is 10.5 Å². The molecule has 4 bridgehead atoms. The number of hydrogen-bond donors (Lipinski definition) is 0. The van der Waals surface area contributed by atoms with Crippen LogP contribution in [0.25, 0.3) is 0 Å². The number of fused-ring (bicyclic) bond motifs is 2. The van der Waals surface area contributed by atoms with E-state index in [0.717, 1.165) is 11.1 Å². The number of ether oxygens (including phenoxy) is 2. The van der Waals surface area contributed by atoms with Gasteiger partial charge in [-0.15, -0.1) is 0 Å². The number of carbonyl (C=O) groups excluding carboxylic acids is 2. The number of hydrogen-bond acceptors (Lipinski definition) is 6. The minimum absolute atomic E-state index is 0.426. The minimum atomic E-state index is -1.90. The summed E-state index contributed by atoms with van der Waals surface area (Å²) in [6.07, 6.45) is -1.71. The monoisotopic (exact) mass is 456 g/mol. The summed E-state index contributed by atoms with van der Waals surface area (Å²) in [7, 11) is 2.99. The van der Waals surface area contributed by atoms with Crippen molar-refractivity contribution < 1.29 is 19.1 Å². The third kappa shape index (κ3) is 2.22. The van der Waals surface area contributed by atoms with Crippen LogP contribution in [-0.4, -0.2) is 48.3 Å². The van der Waals surface area contributed by atoms with Gasteiger partial charge in [-0.05, 0) is 22.3 Å². The molecule has 0 aromatic heterocycles. The Balaban J connectivity index is 2.11. The predicted octanol–water partition coefficient (Wildman–Crippen LogP) is 2.67. The zero-order valence-electron chi connectivity index (χ0n) is 19.4. The molecule has 3 aliphatic rings. The lowest BCUT2D eigenvalue weighted by Crippen LogP contribution is -2.78. The van der Waals surface area contributed by atoms with Crippen LogP contribution >= 0.6 is 0 Å². The third-order valence-electron chi connectivity index (χ3n) is 7.66. The van der Waals surface area contributed by atoms with E-state index in [1.807, 2.05) is 24.3 Å². The SMILES string of the molecule is CO[C@H]1[C@H]2c3ccccc3[C@@](C#N)(N1C(C)=O)[C@@]1(C#N)c3ccccc3[C@@H]2[C@H](OC)N1C(C)=O. The van der Waals surface area contributed by atoms with E-state index in [2.05, 4.69) is 12.1 Å². The Hall–Kier alpha value is -3.72. The van der Waals surface area contributed by atoms with Gasteiger partial charge in [-0.2, -0.15) is 10.5 Å². The van der Waals surface area contributed by atoms with Gasteiger partial charge in [0.05, 0.1) is 0 Å². The summed E-state index contributed by atoms with van der Waals surface area (Å²) in [6, 6.07) is 19.4. The van der Waals surface area contributed by atoms with Gasteiger partial charge in [0.2, 0.25) is 11.8 Å². The van der Waals surface area contributed by atoms with Crippen molar-refractivity contribution in [3.05, 3.63) is 70.8 Å². The predicted molar refractivity (Wildman–Crippen MR) is 120 cm³/mol. The standard InChI is InChI=1S/C26H24N4O4/c1-15(31)29-23(33-3)21-17-9-5-7-11-19(17)25(29,13-27)26(14-28)20-12-8-6-10-18(20)22(21)24(34-4)30(26)16(2)32/h5-12,21-24H,1-4H3/t21-,22-,23-,24-,25+,26+/m0/s1. The van der Waals surface area contributed by atoms with E-state index in [1.165, 1.54) is 37.9 Å². The van der Waals surface area contributed by atoms with E-state index >= 15 is 0 Å². The molecule has 5 rings (SSSR count). The first-order valence-electron chi connectivity index (χ1n) is 11.0. The summed E-state index contributed by atoms with van der Waals surface area (Å²) in [4.78, 5) is 29.4. The molecule has 6 atom stereocenters. The smallest absolute Gasteiger partial charge is 0.223 e. The average molecular weight is 457 g/mol. The van der Waals surface area contributed by atoms with Gasteiger partial charge >= 0.3 is 0 Å². The molecule has 8 heteroatoms. The van der Waals surface area contributed by atoms with Gasteiger partial charge in [0.15, 0.2) is 11.1 Å². The molecule has 0 unspecified atom stereocenters. The summed E-state index contributed by atoms with van der Waals surface area (Å²) in [6.45, 7) is 2.72. The van der Waals surface area contributed by atoms with E-state index in [-0.39, 0.29) is 0 Å². The zero-order chi connectivity index (χ0) is 24.4. The maximum atomic E-state index is 13.3. The number of carbonyl (C=O) groups is 2. The van der Waals surface area contributed by atoms with Gasteiger partial charge < -0.3 is 9.47 Å². The van der Waals surface area contributed by atoms with Crippen molar-refractivity contribution in [1.82, 2.24) is 9.80 Å². The molecule has 2 heterocycles. The second-order valence-corrected chi connectivity index (χ2v) is 8.90. The Bertz CT molecular complexity index is 1200. The van der Waals surface area contributed by atoms with Crippen LogP contribution in [0.1, 0.15) is 47.9 Å². The van der Waals surface area contributed by atoms with E-state index in [4.69, 9.17) is 9.47 Å². The molecule has 0 N–H and O–H groups in total. The highest BCUT2D eigenvalue weighted by Gasteiger charge is 2.75. The lowest BCUT2D eigenvalue weighted by Gasteiger charge is -2.66. The van der Waals surface area contributed by atoms with Crippen LogP contribution in [0.3, 0.4) is 0 Å². The molecule has 2 aromatic rings. The first kappa shape index (κ1) is 22.1. The van der Waals surface area contributed by atoms with Gasteiger partial charge in [-0.25, -0.2) is 0 Å². The molecule has 0 saturated carbocycles. The summed E-state index contributed by atoms with van der Waals surface area (Å²) < 4.78 is 11.9. The van der Waals surface area contributed by atoms with Crippen LogP contribution in [0.15, 0.2) is 48.5 Å². The summed E-state index contributed by atoms with van der Waals surface area (Å²) in [5.41, 5.74) is -1.15. The maximum Gasteiger partial charge on any atom is 0.223 e. The Morgan fingerprint density at radius 2 is 1.12 bits per heavy atom. The fourth-order valence-electron chi connectivity index (χ4n) is 6.71. The van der Waals surface area contributed by atoms with E-state index in [1.54, 1.807) is 24.3 Å². The van der Waals surface area contributed by atoms with Crippen LogP contribution in [0.5, 0.6) is 0 Å². The highest BCUT2D eigenvalue weighted by atomic mass is 16.5. The summed E-state index contributed by atoms with van der Waals surface area (Å²) >= 11 is 0. The first-order valence-corrected chi connectivity index (χ1v) is 11.0. The molecule has 2 aliphatic heterocycles. The lowest BCUT2D eigenvalue weighted by atomic mass is 9.54. The van der Waals surface area contributed by atoms with Crippen LogP contribution in [0, 0.1) is 22.7 Å². The fourth-order valence-corrected chi connectivity index (χ4v) is 6.71. The fraction of sp³-hybridized carbons (Fsp3) is 0.385. The zero-order valence-corrected chi connectivity index (χ0v) is 19.4. The third-order valence-corrected chi connectivity index (χ3v) is 7.66. The summed E-state index contributed by atoms with van der Waals surface area (Å²) in [5, 5.41) is 22.1. The molecule has 0 saturated heterocycles. The second-order valence-electron chi connectivity index (χ2n) is 8.90. The normalized spacial score (nSPS) is 32.6. The van der Waals surface area contributed by atoms with E-state index < -0.39 is 47.2 Å². The van der Waals surface area contributed by atoms with Gasteiger partial charge in [0, 0.05) is 39.9 Å². The van der Waals surface area contributed by atoms with Crippen LogP contribution in [-0.2, 0) is 30.1 Å². The Morgan fingerprint density at radius 1 is 0.765 bits per heavy atom.